The van der Waals surface area contributed by atoms with E-state index in [0.29, 0.717) is 0 Å². The number of nitrogens with zero attached hydrogens (tertiary/aromatic N) is 2. The topological polar surface area (TPSA) is 161 Å². The first kappa shape index (κ1) is 25.1. The van der Waals surface area contributed by atoms with Crippen molar-refractivity contribution in [3.8, 4) is 5.75 Å². The molecule has 2 aromatic rings. The Labute approximate surface area is 196 Å². The van der Waals surface area contributed by atoms with Gasteiger partial charge >= 0.3 is 11.9 Å². The normalized spacial score (nSPS) is 23.9. The van der Waals surface area contributed by atoms with Gasteiger partial charge in [0.15, 0.2) is 0 Å². The Balaban J connectivity index is 0.000000481. The van der Waals surface area contributed by atoms with Crippen LogP contribution in [0.4, 0.5) is 5.69 Å². The molecule has 10 nitrogen and oxygen atoms in total. The quantitative estimate of drug-likeness (QED) is 0.291. The van der Waals surface area contributed by atoms with Gasteiger partial charge in [-0.3, -0.25) is 15.0 Å². The van der Waals surface area contributed by atoms with Gasteiger partial charge in [0.2, 0.25) is 0 Å². The summed E-state index contributed by atoms with van der Waals surface area (Å²) in [6, 6.07) is 14.2. The molecular weight excluding hydrogens is 444 g/mol. The minimum absolute atomic E-state index is 0.111. The predicted molar refractivity (Wildman–Crippen MR) is 122 cm³/mol. The van der Waals surface area contributed by atoms with Crippen LogP contribution in [-0.2, 0) is 21.4 Å². The SMILES string of the molecule is O=C(O)C(=O)O.O=[N+]([O-])c1ccc(CCN2CC[C@]3(c4cccc(O)c4)CCC[C@H]2[C@@H]3O)cc1. The second-order valence-electron chi connectivity index (χ2n) is 8.68. The van der Waals surface area contributed by atoms with E-state index in [1.807, 2.05) is 24.3 Å². The van der Waals surface area contributed by atoms with Crippen molar-refractivity contribution in [1.29, 1.82) is 0 Å². The zero-order valence-corrected chi connectivity index (χ0v) is 18.5. The number of aliphatic hydroxyl groups excluding tert-OH is 1. The molecule has 1 aliphatic carbocycles. The van der Waals surface area contributed by atoms with E-state index in [1.165, 1.54) is 0 Å². The van der Waals surface area contributed by atoms with Gasteiger partial charge in [0, 0.05) is 30.1 Å². The van der Waals surface area contributed by atoms with Gasteiger partial charge in [-0.2, -0.15) is 0 Å². The summed E-state index contributed by atoms with van der Waals surface area (Å²) < 4.78 is 0. The first-order valence-electron chi connectivity index (χ1n) is 11.1. The number of piperidine rings is 1. The van der Waals surface area contributed by atoms with Gasteiger partial charge in [-0.15, -0.1) is 0 Å². The molecule has 1 heterocycles. The Morgan fingerprint density at radius 2 is 1.76 bits per heavy atom. The number of carboxylic acid groups (broad SMARTS) is 2. The second kappa shape index (κ2) is 10.6. The molecule has 182 valence electrons. The maximum Gasteiger partial charge on any atom is 0.414 e. The van der Waals surface area contributed by atoms with E-state index in [2.05, 4.69) is 4.90 Å². The molecule has 4 rings (SSSR count). The maximum atomic E-state index is 11.3. The molecule has 1 saturated carbocycles. The number of hydrogen-bond donors (Lipinski definition) is 4. The van der Waals surface area contributed by atoms with Crippen LogP contribution in [0, 0.1) is 10.1 Å². The molecule has 0 spiro atoms. The number of aliphatic hydroxyl groups is 1. The molecule has 3 atom stereocenters. The van der Waals surface area contributed by atoms with Crippen LogP contribution in [0.3, 0.4) is 0 Å². The van der Waals surface area contributed by atoms with Crippen molar-refractivity contribution in [3.05, 3.63) is 69.8 Å². The number of carbonyl (C=O) groups is 2. The smallest absolute Gasteiger partial charge is 0.414 e. The van der Waals surface area contributed by atoms with Gasteiger partial charge in [0.1, 0.15) is 5.75 Å². The minimum Gasteiger partial charge on any atom is -0.508 e. The second-order valence-corrected chi connectivity index (χ2v) is 8.68. The summed E-state index contributed by atoms with van der Waals surface area (Å²) >= 11 is 0. The highest BCUT2D eigenvalue weighted by Crippen LogP contribution is 2.47. The Morgan fingerprint density at radius 3 is 2.35 bits per heavy atom. The number of carboxylic acids is 2. The predicted octanol–water partition coefficient (Wildman–Crippen LogP) is 2.56. The van der Waals surface area contributed by atoms with E-state index in [9.17, 15) is 20.3 Å². The maximum absolute atomic E-state index is 11.3. The number of fused-ring (bicyclic) bond motifs is 2. The highest BCUT2D eigenvalue weighted by atomic mass is 16.6. The third-order valence-electron chi connectivity index (χ3n) is 6.81. The molecule has 2 aliphatic rings. The van der Waals surface area contributed by atoms with E-state index < -0.39 is 18.0 Å². The lowest BCUT2D eigenvalue weighted by molar-refractivity contribution is -0.384. The van der Waals surface area contributed by atoms with Crippen LogP contribution in [-0.4, -0.2) is 67.4 Å². The summed E-state index contributed by atoms with van der Waals surface area (Å²) in [5.74, 6) is -3.40. The van der Waals surface area contributed by atoms with Gasteiger partial charge < -0.3 is 20.4 Å². The molecule has 10 heteroatoms. The number of phenolic OH excluding ortho intramolecular Hbond substituents is 1. The van der Waals surface area contributed by atoms with Gasteiger partial charge in [0.25, 0.3) is 5.69 Å². The Hall–Kier alpha value is -3.50. The highest BCUT2D eigenvalue weighted by Gasteiger charge is 2.50. The molecule has 1 aliphatic heterocycles. The molecular formula is C24H28N2O8. The lowest BCUT2D eigenvalue weighted by atomic mass is 9.61. The van der Waals surface area contributed by atoms with Crippen molar-refractivity contribution >= 4 is 17.6 Å². The summed E-state index contributed by atoms with van der Waals surface area (Å²) in [6.07, 6.45) is 4.21. The third kappa shape index (κ3) is 5.52. The summed E-state index contributed by atoms with van der Waals surface area (Å²) in [6.45, 7) is 1.74. The number of hydrogen-bond acceptors (Lipinski definition) is 7. The average molecular weight is 472 g/mol. The summed E-state index contributed by atoms with van der Waals surface area (Å²) in [5.41, 5.74) is 1.95. The zero-order valence-electron chi connectivity index (χ0n) is 18.5. The van der Waals surface area contributed by atoms with Crippen molar-refractivity contribution in [1.82, 2.24) is 4.90 Å². The van der Waals surface area contributed by atoms with Crippen molar-refractivity contribution in [2.75, 3.05) is 13.1 Å². The third-order valence-corrected chi connectivity index (χ3v) is 6.81. The van der Waals surface area contributed by atoms with Gasteiger partial charge in [-0.05, 0) is 55.5 Å². The van der Waals surface area contributed by atoms with Crippen LogP contribution in [0.5, 0.6) is 5.75 Å². The molecule has 1 saturated heterocycles. The molecule has 0 radical (unpaired) electrons. The Morgan fingerprint density at radius 1 is 1.09 bits per heavy atom. The number of phenols is 1. The molecule has 34 heavy (non-hydrogen) atoms. The standard InChI is InChI=1S/C22H26N2O4.C2H2O4/c25-19-4-1-3-17(15-19)22-11-2-5-20(21(22)26)23(14-12-22)13-10-16-6-8-18(9-7-16)24(27)28;3-1(4)2(5)6/h1,3-4,6-9,15,20-21,25-26H,2,5,10-14H2;(H,3,4)(H,5,6)/t20-,21-,22-;/m0./s1. The van der Waals surface area contributed by atoms with Crippen LogP contribution in [0.1, 0.15) is 36.8 Å². The number of nitro groups is 1. The molecule has 2 bridgehead atoms. The first-order chi connectivity index (χ1) is 16.1. The Kier molecular flexibility index (Phi) is 7.85. The van der Waals surface area contributed by atoms with Crippen molar-refractivity contribution < 1.29 is 34.9 Å². The highest BCUT2D eigenvalue weighted by molar-refractivity contribution is 6.27. The number of likely N-dealkylation sites (tertiary alicyclic amines) is 1. The van der Waals surface area contributed by atoms with E-state index >= 15 is 0 Å². The molecule has 0 unspecified atom stereocenters. The van der Waals surface area contributed by atoms with Crippen LogP contribution in [0.25, 0.3) is 0 Å². The van der Waals surface area contributed by atoms with Crippen molar-refractivity contribution in [2.45, 2.75) is 49.7 Å². The van der Waals surface area contributed by atoms with Gasteiger partial charge in [-0.25, -0.2) is 9.59 Å². The fourth-order valence-electron chi connectivity index (χ4n) is 5.07. The van der Waals surface area contributed by atoms with E-state index in [-0.39, 0.29) is 27.8 Å². The molecule has 4 N–H and O–H groups in total. The van der Waals surface area contributed by atoms with E-state index in [1.54, 1.807) is 24.3 Å². The minimum atomic E-state index is -1.82. The van der Waals surface area contributed by atoms with Crippen LogP contribution >= 0.6 is 0 Å². The molecule has 0 aromatic heterocycles. The average Bonchev–Trinajstić information content (AvgIpc) is 2.79. The summed E-state index contributed by atoms with van der Waals surface area (Å²) in [7, 11) is 0. The molecule has 2 aromatic carbocycles. The number of nitro benzene ring substituents is 1. The molecule has 0 amide bonds. The van der Waals surface area contributed by atoms with Gasteiger partial charge in [0.05, 0.1) is 11.0 Å². The molecule has 2 fully saturated rings. The largest absolute Gasteiger partial charge is 0.508 e. The number of aromatic hydroxyl groups is 1. The number of aliphatic carboxylic acids is 2. The number of non-ortho nitro benzene ring substituents is 1. The number of benzene rings is 2. The lowest BCUT2D eigenvalue weighted by Gasteiger charge is -2.54. The van der Waals surface area contributed by atoms with E-state index in [0.717, 1.165) is 56.3 Å². The van der Waals surface area contributed by atoms with Crippen LogP contribution < -0.4 is 0 Å². The van der Waals surface area contributed by atoms with E-state index in [4.69, 9.17) is 19.8 Å². The van der Waals surface area contributed by atoms with Crippen molar-refractivity contribution in [3.63, 3.8) is 0 Å². The van der Waals surface area contributed by atoms with Crippen LogP contribution in [0.15, 0.2) is 48.5 Å². The lowest BCUT2D eigenvalue weighted by Crippen LogP contribution is -2.62. The van der Waals surface area contributed by atoms with Crippen molar-refractivity contribution in [2.24, 2.45) is 0 Å². The van der Waals surface area contributed by atoms with Gasteiger partial charge in [-0.1, -0.05) is 30.7 Å². The summed E-state index contributed by atoms with van der Waals surface area (Å²) in [4.78, 5) is 31.0. The fourth-order valence-corrected chi connectivity index (χ4v) is 5.07. The first-order valence-corrected chi connectivity index (χ1v) is 11.1. The van der Waals surface area contributed by atoms with Crippen LogP contribution in [0.2, 0.25) is 0 Å². The number of rotatable bonds is 5. The Bertz CT molecular complexity index is 1030. The summed E-state index contributed by atoms with van der Waals surface area (Å²) in [5, 5.41) is 46.7. The zero-order chi connectivity index (χ0) is 24.9. The fraction of sp³-hybridized carbons (Fsp3) is 0.417. The monoisotopic (exact) mass is 472 g/mol.